The van der Waals surface area contributed by atoms with Crippen LogP contribution in [0, 0.1) is 5.92 Å². The molecular weight excluding hydrogens is 270 g/mol. The highest BCUT2D eigenvalue weighted by molar-refractivity contribution is 5.87. The first-order chi connectivity index (χ1) is 10.0. The third-order valence-electron chi connectivity index (χ3n) is 4.31. The number of nitrogens with zero attached hydrogens (tertiary/aromatic N) is 3. The Kier molecular flexibility index (Phi) is 3.47. The zero-order valence-electron chi connectivity index (χ0n) is 12.7. The van der Waals surface area contributed by atoms with Crippen molar-refractivity contribution in [1.29, 1.82) is 0 Å². The average Bonchev–Trinajstić information content (AvgIpc) is 3.23. The Balaban J connectivity index is 1.94. The highest BCUT2D eigenvalue weighted by atomic mass is 16.5. The van der Waals surface area contributed by atoms with E-state index in [-0.39, 0.29) is 23.8 Å². The SMILES string of the molecule is COC(=O)C1Cc2ncn(C(C)C)c2CN1C(=O)C1CC1. The van der Waals surface area contributed by atoms with Crippen LogP contribution in [0.15, 0.2) is 6.33 Å². The minimum Gasteiger partial charge on any atom is -0.467 e. The van der Waals surface area contributed by atoms with Crippen molar-refractivity contribution in [2.45, 2.75) is 51.7 Å². The van der Waals surface area contributed by atoms with Crippen molar-refractivity contribution in [3.8, 4) is 0 Å². The second-order valence-electron chi connectivity index (χ2n) is 6.12. The predicted octanol–water partition coefficient (Wildman–Crippen LogP) is 1.30. The molecule has 1 unspecified atom stereocenters. The number of amides is 1. The Labute approximate surface area is 124 Å². The Hall–Kier alpha value is -1.85. The molecule has 6 nitrogen and oxygen atoms in total. The van der Waals surface area contributed by atoms with Crippen molar-refractivity contribution < 1.29 is 14.3 Å². The van der Waals surface area contributed by atoms with E-state index in [1.807, 2.05) is 0 Å². The Morgan fingerprint density at radius 3 is 2.67 bits per heavy atom. The smallest absolute Gasteiger partial charge is 0.329 e. The molecule has 1 atom stereocenters. The van der Waals surface area contributed by atoms with E-state index in [0.29, 0.717) is 13.0 Å². The maximum absolute atomic E-state index is 12.5. The number of esters is 1. The summed E-state index contributed by atoms with van der Waals surface area (Å²) < 4.78 is 6.95. The van der Waals surface area contributed by atoms with Crippen LogP contribution in [0.5, 0.6) is 0 Å². The summed E-state index contributed by atoms with van der Waals surface area (Å²) in [7, 11) is 1.37. The lowest BCUT2D eigenvalue weighted by Gasteiger charge is -2.34. The van der Waals surface area contributed by atoms with Crippen molar-refractivity contribution in [1.82, 2.24) is 14.5 Å². The lowest BCUT2D eigenvalue weighted by atomic mass is 10.0. The zero-order valence-corrected chi connectivity index (χ0v) is 12.7. The fourth-order valence-corrected chi connectivity index (χ4v) is 2.92. The second kappa shape index (κ2) is 5.16. The molecule has 3 rings (SSSR count). The molecule has 1 fully saturated rings. The van der Waals surface area contributed by atoms with Gasteiger partial charge in [-0.2, -0.15) is 0 Å². The summed E-state index contributed by atoms with van der Waals surface area (Å²) in [6, 6.07) is -0.250. The molecule has 21 heavy (non-hydrogen) atoms. The van der Waals surface area contributed by atoms with Gasteiger partial charge in [0.05, 0.1) is 31.4 Å². The quantitative estimate of drug-likeness (QED) is 0.787. The standard InChI is InChI=1S/C15H21N3O3/c1-9(2)18-8-16-11-6-12(15(20)21-3)17(7-13(11)18)14(19)10-4-5-10/h8-10,12H,4-7H2,1-3H3. The fourth-order valence-electron chi connectivity index (χ4n) is 2.92. The molecule has 1 aromatic heterocycles. The largest absolute Gasteiger partial charge is 0.467 e. The summed E-state index contributed by atoms with van der Waals surface area (Å²) in [5.41, 5.74) is 1.94. The molecule has 1 amide bonds. The first-order valence-corrected chi connectivity index (χ1v) is 7.45. The molecule has 2 aliphatic rings. The maximum atomic E-state index is 12.5. The number of hydrogen-bond acceptors (Lipinski definition) is 4. The normalized spacial score (nSPS) is 21.3. The maximum Gasteiger partial charge on any atom is 0.329 e. The van der Waals surface area contributed by atoms with E-state index in [4.69, 9.17) is 4.74 Å². The molecule has 6 heteroatoms. The van der Waals surface area contributed by atoms with Crippen LogP contribution in [0.3, 0.4) is 0 Å². The summed E-state index contributed by atoms with van der Waals surface area (Å²) in [6.45, 7) is 4.62. The van der Waals surface area contributed by atoms with Crippen molar-refractivity contribution in [3.63, 3.8) is 0 Å². The Morgan fingerprint density at radius 1 is 1.38 bits per heavy atom. The topological polar surface area (TPSA) is 64.4 Å². The van der Waals surface area contributed by atoms with Gasteiger partial charge in [0.25, 0.3) is 0 Å². The number of fused-ring (bicyclic) bond motifs is 1. The first-order valence-electron chi connectivity index (χ1n) is 7.45. The Bertz CT molecular complexity index is 575. The lowest BCUT2D eigenvalue weighted by molar-refractivity contribution is -0.154. The van der Waals surface area contributed by atoms with E-state index in [1.165, 1.54) is 7.11 Å². The van der Waals surface area contributed by atoms with Gasteiger partial charge in [-0.3, -0.25) is 4.79 Å². The van der Waals surface area contributed by atoms with Crippen LogP contribution in [-0.4, -0.2) is 39.5 Å². The van der Waals surface area contributed by atoms with Gasteiger partial charge >= 0.3 is 5.97 Å². The number of aromatic nitrogens is 2. The molecule has 0 radical (unpaired) electrons. The molecule has 0 aromatic carbocycles. The molecule has 1 aliphatic heterocycles. The number of imidazole rings is 1. The van der Waals surface area contributed by atoms with Gasteiger partial charge in [0.1, 0.15) is 6.04 Å². The molecule has 1 aromatic rings. The van der Waals surface area contributed by atoms with Crippen LogP contribution in [0.2, 0.25) is 0 Å². The summed E-state index contributed by atoms with van der Waals surface area (Å²) in [6.07, 6.45) is 4.11. The highest BCUT2D eigenvalue weighted by Gasteiger charge is 2.42. The Morgan fingerprint density at radius 2 is 2.10 bits per heavy atom. The molecule has 1 aliphatic carbocycles. The van der Waals surface area contributed by atoms with Crippen LogP contribution in [-0.2, 0) is 27.3 Å². The zero-order chi connectivity index (χ0) is 15.1. The van der Waals surface area contributed by atoms with Gasteiger partial charge in [0, 0.05) is 18.4 Å². The molecule has 2 heterocycles. The molecule has 1 saturated carbocycles. The molecule has 0 saturated heterocycles. The minimum atomic E-state index is -0.536. The van der Waals surface area contributed by atoms with E-state index in [0.717, 1.165) is 24.2 Å². The van der Waals surface area contributed by atoms with E-state index in [2.05, 4.69) is 23.4 Å². The van der Waals surface area contributed by atoms with E-state index >= 15 is 0 Å². The summed E-state index contributed by atoms with van der Waals surface area (Å²) in [5, 5.41) is 0. The third kappa shape index (κ3) is 2.43. The molecule has 0 bridgehead atoms. The van der Waals surface area contributed by atoms with Crippen LogP contribution in [0.25, 0.3) is 0 Å². The third-order valence-corrected chi connectivity index (χ3v) is 4.31. The van der Waals surface area contributed by atoms with Gasteiger partial charge in [0.2, 0.25) is 5.91 Å². The van der Waals surface area contributed by atoms with Crippen molar-refractivity contribution >= 4 is 11.9 Å². The van der Waals surface area contributed by atoms with E-state index in [9.17, 15) is 9.59 Å². The predicted molar refractivity (Wildman–Crippen MR) is 75.4 cm³/mol. The molecule has 0 N–H and O–H groups in total. The minimum absolute atomic E-state index is 0.0764. The second-order valence-corrected chi connectivity index (χ2v) is 6.12. The van der Waals surface area contributed by atoms with Crippen molar-refractivity contribution in [2.75, 3.05) is 7.11 Å². The van der Waals surface area contributed by atoms with E-state index < -0.39 is 6.04 Å². The van der Waals surface area contributed by atoms with E-state index in [1.54, 1.807) is 11.2 Å². The number of hydrogen-bond donors (Lipinski definition) is 0. The van der Waals surface area contributed by atoms with Gasteiger partial charge in [0.15, 0.2) is 0 Å². The van der Waals surface area contributed by atoms with Gasteiger partial charge in [-0.25, -0.2) is 9.78 Å². The van der Waals surface area contributed by atoms with Crippen LogP contribution in [0.1, 0.15) is 44.1 Å². The summed E-state index contributed by atoms with van der Waals surface area (Å²) in [4.78, 5) is 30.6. The number of rotatable bonds is 3. The number of carbonyl (C=O) groups excluding carboxylic acids is 2. The number of carbonyl (C=O) groups is 2. The van der Waals surface area contributed by atoms with Gasteiger partial charge < -0.3 is 14.2 Å². The lowest BCUT2D eigenvalue weighted by Crippen LogP contribution is -2.50. The summed E-state index contributed by atoms with van der Waals surface area (Å²) >= 11 is 0. The number of methoxy groups -OCH3 is 1. The van der Waals surface area contributed by atoms with Gasteiger partial charge in [-0.15, -0.1) is 0 Å². The first kappa shape index (κ1) is 14.1. The van der Waals surface area contributed by atoms with Gasteiger partial charge in [-0.1, -0.05) is 0 Å². The monoisotopic (exact) mass is 291 g/mol. The highest BCUT2D eigenvalue weighted by Crippen LogP contribution is 2.35. The van der Waals surface area contributed by atoms with Crippen LogP contribution in [0.4, 0.5) is 0 Å². The summed E-state index contributed by atoms with van der Waals surface area (Å²) in [5.74, 6) is -0.185. The number of ether oxygens (including phenoxy) is 1. The average molecular weight is 291 g/mol. The van der Waals surface area contributed by atoms with Crippen LogP contribution >= 0.6 is 0 Å². The molecule has 0 spiro atoms. The van der Waals surface area contributed by atoms with Crippen molar-refractivity contribution in [3.05, 3.63) is 17.7 Å². The van der Waals surface area contributed by atoms with Crippen LogP contribution < -0.4 is 0 Å². The molecule has 114 valence electrons. The van der Waals surface area contributed by atoms with Gasteiger partial charge in [-0.05, 0) is 26.7 Å². The van der Waals surface area contributed by atoms with Crippen molar-refractivity contribution in [2.24, 2.45) is 5.92 Å². The molecular formula is C15H21N3O3. The fraction of sp³-hybridized carbons (Fsp3) is 0.667.